The summed E-state index contributed by atoms with van der Waals surface area (Å²) in [4.78, 5) is 12.6. The molecule has 1 rings (SSSR count). The van der Waals surface area contributed by atoms with Gasteiger partial charge in [0.15, 0.2) is 0 Å². The van der Waals surface area contributed by atoms with E-state index in [0.29, 0.717) is 17.2 Å². The maximum absolute atomic E-state index is 10.5. The summed E-state index contributed by atoms with van der Waals surface area (Å²) in [6.45, 7) is 7.00. The van der Waals surface area contributed by atoms with Crippen LogP contribution in [0.2, 0.25) is 0 Å². The summed E-state index contributed by atoms with van der Waals surface area (Å²) >= 11 is 0. The number of nitriles is 1. The smallest absolute Gasteiger partial charge is 0.328 e. The van der Waals surface area contributed by atoms with Crippen molar-refractivity contribution in [3.05, 3.63) is 35.4 Å². The van der Waals surface area contributed by atoms with Gasteiger partial charge in [0.05, 0.1) is 11.3 Å². The zero-order valence-electron chi connectivity index (χ0n) is 11.4. The quantitative estimate of drug-likeness (QED) is 0.825. The third-order valence-electron chi connectivity index (χ3n) is 2.83. The Kier molecular flexibility index (Phi) is 5.13. The Hall–Kier alpha value is -2.28. The normalized spacial score (nSPS) is 10.7. The van der Waals surface area contributed by atoms with E-state index in [9.17, 15) is 10.1 Å². The first-order valence-electron chi connectivity index (χ1n) is 6.21. The molecule has 0 fully saturated rings. The first-order chi connectivity index (χ1) is 8.99. The number of rotatable bonds is 5. The molecule has 4 nitrogen and oxygen atoms in total. The molecule has 0 aliphatic carbocycles. The molecular weight excluding hydrogens is 240 g/mol. The van der Waals surface area contributed by atoms with Crippen molar-refractivity contribution in [1.82, 2.24) is 0 Å². The van der Waals surface area contributed by atoms with Crippen LogP contribution >= 0.6 is 0 Å². The highest BCUT2D eigenvalue weighted by Gasteiger charge is 2.12. The lowest BCUT2D eigenvalue weighted by molar-refractivity contribution is -0.131. The Labute approximate surface area is 113 Å². The van der Waals surface area contributed by atoms with Gasteiger partial charge in [-0.25, -0.2) is 4.79 Å². The van der Waals surface area contributed by atoms with E-state index in [1.54, 1.807) is 6.07 Å². The van der Waals surface area contributed by atoms with E-state index in [0.717, 1.165) is 18.3 Å². The zero-order chi connectivity index (χ0) is 14.4. The van der Waals surface area contributed by atoms with Crippen molar-refractivity contribution in [2.45, 2.75) is 26.8 Å². The molecule has 0 aliphatic heterocycles. The average molecular weight is 258 g/mol. The second kappa shape index (κ2) is 6.60. The highest BCUT2D eigenvalue weighted by Crippen LogP contribution is 2.23. The predicted molar refractivity (Wildman–Crippen MR) is 76.0 cm³/mol. The first kappa shape index (κ1) is 14.8. The average Bonchev–Trinajstić information content (AvgIpc) is 2.37. The van der Waals surface area contributed by atoms with Crippen LogP contribution in [-0.4, -0.2) is 23.7 Å². The second-order valence-corrected chi connectivity index (χ2v) is 4.44. The SMILES string of the molecule is CCN(c1ccc(/C=C/C(=O)O)cc1C#N)C(C)C. The largest absolute Gasteiger partial charge is 0.478 e. The number of hydrogen-bond donors (Lipinski definition) is 1. The van der Waals surface area contributed by atoms with Gasteiger partial charge in [-0.3, -0.25) is 0 Å². The first-order valence-corrected chi connectivity index (χ1v) is 6.21. The van der Waals surface area contributed by atoms with E-state index in [2.05, 4.69) is 24.8 Å². The van der Waals surface area contributed by atoms with E-state index < -0.39 is 5.97 Å². The molecule has 1 aromatic rings. The van der Waals surface area contributed by atoms with Crippen molar-refractivity contribution in [2.24, 2.45) is 0 Å². The summed E-state index contributed by atoms with van der Waals surface area (Å²) in [5, 5.41) is 17.8. The molecule has 0 saturated carbocycles. The van der Waals surface area contributed by atoms with Gasteiger partial charge in [0.2, 0.25) is 0 Å². The Bertz CT molecular complexity index is 527. The molecule has 0 amide bonds. The number of nitrogens with zero attached hydrogens (tertiary/aromatic N) is 2. The monoisotopic (exact) mass is 258 g/mol. The minimum Gasteiger partial charge on any atom is -0.478 e. The molecule has 0 bridgehead atoms. The standard InChI is InChI=1S/C15H18N2O2/c1-4-17(11(2)3)14-7-5-12(6-8-15(18)19)9-13(14)10-16/h5-9,11H,4H2,1-3H3,(H,18,19)/b8-6+. The molecule has 0 unspecified atom stereocenters. The highest BCUT2D eigenvalue weighted by atomic mass is 16.4. The summed E-state index contributed by atoms with van der Waals surface area (Å²) in [7, 11) is 0. The third-order valence-corrected chi connectivity index (χ3v) is 2.83. The topological polar surface area (TPSA) is 64.3 Å². The van der Waals surface area contributed by atoms with Crippen LogP contribution in [0, 0.1) is 11.3 Å². The van der Waals surface area contributed by atoms with E-state index in [1.807, 2.05) is 19.1 Å². The molecule has 4 heteroatoms. The van der Waals surface area contributed by atoms with Crippen LogP contribution in [0.5, 0.6) is 0 Å². The van der Waals surface area contributed by atoms with Crippen molar-refractivity contribution in [3.8, 4) is 6.07 Å². The predicted octanol–water partition coefficient (Wildman–Crippen LogP) is 2.89. The fourth-order valence-electron chi connectivity index (χ4n) is 1.98. The molecule has 0 saturated heterocycles. The lowest BCUT2D eigenvalue weighted by atomic mass is 10.1. The number of carboxylic acids is 1. The van der Waals surface area contributed by atoms with Crippen LogP contribution in [0.15, 0.2) is 24.3 Å². The van der Waals surface area contributed by atoms with E-state index >= 15 is 0 Å². The number of anilines is 1. The van der Waals surface area contributed by atoms with Crippen LogP contribution in [0.3, 0.4) is 0 Å². The Morgan fingerprint density at radius 2 is 2.21 bits per heavy atom. The lowest BCUT2D eigenvalue weighted by Gasteiger charge is -2.28. The van der Waals surface area contributed by atoms with Crippen molar-refractivity contribution < 1.29 is 9.90 Å². The molecule has 19 heavy (non-hydrogen) atoms. The molecule has 1 aromatic carbocycles. The molecule has 0 spiro atoms. The van der Waals surface area contributed by atoms with Gasteiger partial charge in [-0.05, 0) is 44.5 Å². The molecule has 0 aromatic heterocycles. The summed E-state index contributed by atoms with van der Waals surface area (Å²) in [6.07, 6.45) is 2.55. The Morgan fingerprint density at radius 3 is 2.68 bits per heavy atom. The summed E-state index contributed by atoms with van der Waals surface area (Å²) in [5.41, 5.74) is 2.15. The van der Waals surface area contributed by atoms with Crippen molar-refractivity contribution >= 4 is 17.7 Å². The summed E-state index contributed by atoms with van der Waals surface area (Å²) in [5.74, 6) is -1.00. The minimum atomic E-state index is -1.00. The maximum Gasteiger partial charge on any atom is 0.328 e. The van der Waals surface area contributed by atoms with Crippen LogP contribution in [0.25, 0.3) is 6.08 Å². The van der Waals surface area contributed by atoms with Gasteiger partial charge in [0, 0.05) is 18.7 Å². The lowest BCUT2D eigenvalue weighted by Crippen LogP contribution is -2.30. The van der Waals surface area contributed by atoms with Crippen molar-refractivity contribution in [3.63, 3.8) is 0 Å². The summed E-state index contributed by atoms with van der Waals surface area (Å²) < 4.78 is 0. The number of hydrogen-bond acceptors (Lipinski definition) is 3. The van der Waals surface area contributed by atoms with Gasteiger partial charge in [-0.2, -0.15) is 5.26 Å². The van der Waals surface area contributed by atoms with Crippen LogP contribution in [0.1, 0.15) is 31.9 Å². The highest BCUT2D eigenvalue weighted by molar-refractivity contribution is 5.85. The second-order valence-electron chi connectivity index (χ2n) is 4.44. The van der Waals surface area contributed by atoms with E-state index in [1.165, 1.54) is 6.08 Å². The molecule has 0 aliphatic rings. The minimum absolute atomic E-state index is 0.303. The van der Waals surface area contributed by atoms with Crippen molar-refractivity contribution in [2.75, 3.05) is 11.4 Å². The fourth-order valence-corrected chi connectivity index (χ4v) is 1.98. The maximum atomic E-state index is 10.5. The van der Waals surface area contributed by atoms with E-state index in [-0.39, 0.29) is 0 Å². The van der Waals surface area contributed by atoms with Gasteiger partial charge in [0.25, 0.3) is 0 Å². The molecule has 0 radical (unpaired) electrons. The van der Waals surface area contributed by atoms with Crippen LogP contribution in [-0.2, 0) is 4.79 Å². The van der Waals surface area contributed by atoms with Crippen LogP contribution < -0.4 is 4.90 Å². The number of carboxylic acid groups (broad SMARTS) is 1. The van der Waals surface area contributed by atoms with Crippen molar-refractivity contribution in [1.29, 1.82) is 5.26 Å². The van der Waals surface area contributed by atoms with Gasteiger partial charge >= 0.3 is 5.97 Å². The van der Waals surface area contributed by atoms with Gasteiger partial charge in [-0.15, -0.1) is 0 Å². The zero-order valence-corrected chi connectivity index (χ0v) is 11.4. The molecule has 1 N–H and O–H groups in total. The Morgan fingerprint density at radius 1 is 1.53 bits per heavy atom. The number of aliphatic carboxylic acids is 1. The van der Waals surface area contributed by atoms with Gasteiger partial charge in [-0.1, -0.05) is 6.07 Å². The van der Waals surface area contributed by atoms with Crippen LogP contribution in [0.4, 0.5) is 5.69 Å². The number of benzene rings is 1. The van der Waals surface area contributed by atoms with E-state index in [4.69, 9.17) is 5.11 Å². The molecule has 100 valence electrons. The third kappa shape index (κ3) is 3.85. The molecular formula is C15H18N2O2. The van der Waals surface area contributed by atoms with Gasteiger partial charge < -0.3 is 10.0 Å². The van der Waals surface area contributed by atoms with Gasteiger partial charge in [0.1, 0.15) is 6.07 Å². The molecule has 0 heterocycles. The fraction of sp³-hybridized carbons (Fsp3) is 0.333. The number of carbonyl (C=O) groups is 1. The Balaban J connectivity index is 3.17. The summed E-state index contributed by atoms with van der Waals surface area (Å²) in [6, 6.07) is 7.87. The molecule has 0 atom stereocenters.